The molecule has 3 rings (SSSR count). The van der Waals surface area contributed by atoms with Crippen LogP contribution < -0.4 is 5.32 Å². The van der Waals surface area contributed by atoms with Crippen LogP contribution in [0.4, 0.5) is 5.82 Å². The van der Waals surface area contributed by atoms with Crippen LogP contribution in [0.5, 0.6) is 0 Å². The summed E-state index contributed by atoms with van der Waals surface area (Å²) in [6, 6.07) is 0. The molecule has 0 unspecified atom stereocenters. The Morgan fingerprint density at radius 2 is 2.10 bits per heavy atom. The second-order valence-corrected chi connectivity index (χ2v) is 7.35. The average Bonchev–Trinajstić information content (AvgIpc) is 2.73. The van der Waals surface area contributed by atoms with E-state index in [0.717, 1.165) is 32.4 Å². The number of rotatable bonds is 2. The van der Waals surface area contributed by atoms with Crippen LogP contribution >= 0.6 is 22.6 Å². The third kappa shape index (κ3) is 2.81. The highest BCUT2D eigenvalue weighted by Gasteiger charge is 2.28. The summed E-state index contributed by atoms with van der Waals surface area (Å²) in [7, 11) is 1.90. The Morgan fingerprint density at radius 1 is 1.33 bits per heavy atom. The predicted molar refractivity (Wildman–Crippen MR) is 91.0 cm³/mol. The highest BCUT2D eigenvalue weighted by molar-refractivity contribution is 14.1. The molecule has 0 saturated heterocycles. The number of aryl methyl sites for hydroxylation is 1. The first kappa shape index (κ1) is 14.5. The molecule has 0 atom stereocenters. The monoisotopic (exact) mass is 396 g/mol. The minimum atomic E-state index is -0.00198. The van der Waals surface area contributed by atoms with Gasteiger partial charge in [0.1, 0.15) is 5.82 Å². The van der Waals surface area contributed by atoms with Crippen molar-refractivity contribution < 1.29 is 4.79 Å². The molecule has 0 bridgehead atoms. The Hall–Kier alpha value is -1.44. The maximum atomic E-state index is 11.8. The summed E-state index contributed by atoms with van der Waals surface area (Å²) in [5.41, 5.74) is 1.93. The van der Waals surface area contributed by atoms with E-state index in [9.17, 15) is 4.79 Å². The summed E-state index contributed by atoms with van der Waals surface area (Å²) >= 11 is 2.27. The number of pyridine rings is 1. The molecule has 0 radical (unpaired) electrons. The van der Waals surface area contributed by atoms with E-state index in [2.05, 4.69) is 51.8 Å². The molecule has 1 aliphatic carbocycles. The van der Waals surface area contributed by atoms with Gasteiger partial charge in [0.05, 0.1) is 21.5 Å². The molecular formula is C15H17IN4O. The van der Waals surface area contributed by atoms with Crippen LogP contribution in [0.2, 0.25) is 0 Å². The van der Waals surface area contributed by atoms with Crippen LogP contribution in [0.3, 0.4) is 0 Å². The number of hydrogen-bond acceptors (Lipinski definition) is 4. The lowest BCUT2D eigenvalue weighted by atomic mass is 9.79. The fourth-order valence-electron chi connectivity index (χ4n) is 2.74. The van der Waals surface area contributed by atoms with E-state index in [0.29, 0.717) is 6.42 Å². The number of allylic oxidation sites excluding steroid dienone is 2. The van der Waals surface area contributed by atoms with Crippen molar-refractivity contribution in [3.8, 4) is 0 Å². The van der Waals surface area contributed by atoms with Crippen molar-refractivity contribution >= 4 is 45.1 Å². The van der Waals surface area contributed by atoms with Crippen molar-refractivity contribution in [3.05, 3.63) is 27.7 Å². The summed E-state index contributed by atoms with van der Waals surface area (Å²) in [6.45, 7) is 4.23. The van der Waals surface area contributed by atoms with E-state index < -0.39 is 0 Å². The van der Waals surface area contributed by atoms with Gasteiger partial charge in [-0.15, -0.1) is 0 Å². The number of anilines is 1. The molecule has 0 amide bonds. The van der Waals surface area contributed by atoms with E-state index in [1.165, 1.54) is 0 Å². The van der Waals surface area contributed by atoms with Crippen LogP contribution in [0.15, 0.2) is 24.2 Å². The van der Waals surface area contributed by atoms with Gasteiger partial charge in [0.25, 0.3) is 0 Å². The molecule has 0 fully saturated rings. The first-order valence-electron chi connectivity index (χ1n) is 6.82. The lowest BCUT2D eigenvalue weighted by Crippen LogP contribution is -2.24. The molecule has 6 heteroatoms. The van der Waals surface area contributed by atoms with Crippen LogP contribution in [-0.2, 0) is 11.8 Å². The van der Waals surface area contributed by atoms with Gasteiger partial charge in [0.2, 0.25) is 0 Å². The summed E-state index contributed by atoms with van der Waals surface area (Å²) in [5, 5.41) is 8.64. The van der Waals surface area contributed by atoms with E-state index in [-0.39, 0.29) is 11.2 Å². The molecule has 0 spiro atoms. The Kier molecular flexibility index (Phi) is 3.51. The number of ketones is 1. The van der Waals surface area contributed by atoms with Gasteiger partial charge in [-0.2, -0.15) is 5.10 Å². The molecule has 0 aromatic carbocycles. The number of nitrogens with zero attached hydrogens (tertiary/aromatic N) is 3. The molecule has 5 nitrogen and oxygen atoms in total. The van der Waals surface area contributed by atoms with Crippen molar-refractivity contribution in [2.75, 3.05) is 5.32 Å². The second kappa shape index (κ2) is 5.08. The Morgan fingerprint density at radius 3 is 2.81 bits per heavy atom. The predicted octanol–water partition coefficient (Wildman–Crippen LogP) is 3.26. The van der Waals surface area contributed by atoms with Gasteiger partial charge in [-0.3, -0.25) is 9.48 Å². The number of fused-ring (bicyclic) bond motifs is 1. The highest BCUT2D eigenvalue weighted by Crippen LogP contribution is 2.35. The molecule has 2 aromatic rings. The maximum Gasteiger partial charge on any atom is 0.157 e. The van der Waals surface area contributed by atoms with E-state index in [1.807, 2.05) is 19.4 Å². The average molecular weight is 396 g/mol. The Bertz CT molecular complexity index is 760. The normalized spacial score (nSPS) is 17.9. The maximum absolute atomic E-state index is 11.8. The molecular weight excluding hydrogens is 379 g/mol. The SMILES string of the molecule is Cn1ncc2c(I)c(NC3=CC(=O)CC(C)(C)C3)ncc21. The van der Waals surface area contributed by atoms with Crippen molar-refractivity contribution in [1.29, 1.82) is 0 Å². The first-order valence-corrected chi connectivity index (χ1v) is 7.90. The minimum absolute atomic E-state index is 0.00198. The third-order valence-electron chi connectivity index (χ3n) is 3.68. The number of carbonyl (C=O) groups is 1. The summed E-state index contributed by atoms with van der Waals surface area (Å²) in [6.07, 6.45) is 6.81. The van der Waals surface area contributed by atoms with Gasteiger partial charge in [0.15, 0.2) is 5.78 Å². The van der Waals surface area contributed by atoms with Gasteiger partial charge in [-0.25, -0.2) is 4.98 Å². The van der Waals surface area contributed by atoms with Gasteiger partial charge < -0.3 is 5.32 Å². The molecule has 2 aromatic heterocycles. The molecule has 110 valence electrons. The molecule has 2 heterocycles. The number of carbonyl (C=O) groups excluding carboxylic acids is 1. The van der Waals surface area contributed by atoms with E-state index in [1.54, 1.807) is 10.8 Å². The largest absolute Gasteiger partial charge is 0.343 e. The van der Waals surface area contributed by atoms with E-state index in [4.69, 9.17) is 0 Å². The van der Waals surface area contributed by atoms with Gasteiger partial charge >= 0.3 is 0 Å². The number of nitrogens with one attached hydrogen (secondary N) is 1. The first-order chi connectivity index (χ1) is 9.85. The number of hydrogen-bond donors (Lipinski definition) is 1. The standard InChI is InChI=1S/C15H17IN4O/c1-15(2)5-9(4-10(21)6-15)19-14-13(16)11-7-18-20(3)12(11)8-17-14/h4,7-8H,5-6H2,1-3H3,(H,17,19). The fraction of sp³-hybridized carbons (Fsp3) is 0.400. The van der Waals surface area contributed by atoms with E-state index >= 15 is 0 Å². The molecule has 1 N–H and O–H groups in total. The lowest BCUT2D eigenvalue weighted by Gasteiger charge is -2.29. The molecule has 1 aliphatic rings. The van der Waals surface area contributed by atoms with Crippen molar-refractivity contribution in [2.24, 2.45) is 12.5 Å². The van der Waals surface area contributed by atoms with Crippen LogP contribution in [-0.4, -0.2) is 20.5 Å². The lowest BCUT2D eigenvalue weighted by molar-refractivity contribution is -0.117. The van der Waals surface area contributed by atoms with Crippen molar-refractivity contribution in [2.45, 2.75) is 26.7 Å². The van der Waals surface area contributed by atoms with Crippen molar-refractivity contribution in [1.82, 2.24) is 14.8 Å². The molecule has 0 saturated carbocycles. The van der Waals surface area contributed by atoms with Gasteiger partial charge in [0, 0.05) is 30.6 Å². The molecule has 21 heavy (non-hydrogen) atoms. The zero-order valence-electron chi connectivity index (χ0n) is 12.3. The zero-order valence-corrected chi connectivity index (χ0v) is 14.4. The van der Waals surface area contributed by atoms with Gasteiger partial charge in [-0.05, 0) is 34.4 Å². The Balaban J connectivity index is 1.95. The number of halogens is 1. The minimum Gasteiger partial charge on any atom is -0.343 e. The summed E-state index contributed by atoms with van der Waals surface area (Å²) in [5.74, 6) is 0.957. The van der Waals surface area contributed by atoms with Crippen LogP contribution in [0.25, 0.3) is 10.9 Å². The topological polar surface area (TPSA) is 59.8 Å². The zero-order chi connectivity index (χ0) is 15.2. The smallest absolute Gasteiger partial charge is 0.157 e. The summed E-state index contributed by atoms with van der Waals surface area (Å²) in [4.78, 5) is 16.3. The Labute approximate surface area is 137 Å². The number of aromatic nitrogens is 3. The molecule has 0 aliphatic heterocycles. The summed E-state index contributed by atoms with van der Waals surface area (Å²) < 4.78 is 2.83. The van der Waals surface area contributed by atoms with Crippen LogP contribution in [0, 0.1) is 8.99 Å². The van der Waals surface area contributed by atoms with Crippen molar-refractivity contribution in [3.63, 3.8) is 0 Å². The third-order valence-corrected chi connectivity index (χ3v) is 4.77. The fourth-order valence-corrected chi connectivity index (χ4v) is 3.43. The van der Waals surface area contributed by atoms with Gasteiger partial charge in [-0.1, -0.05) is 13.8 Å². The second-order valence-electron chi connectivity index (χ2n) is 6.27. The quantitative estimate of drug-likeness (QED) is 0.792. The van der Waals surface area contributed by atoms with Crippen LogP contribution in [0.1, 0.15) is 26.7 Å². The highest BCUT2D eigenvalue weighted by atomic mass is 127.